The molecule has 25 heavy (non-hydrogen) atoms. The van der Waals surface area contributed by atoms with Gasteiger partial charge in [0.25, 0.3) is 0 Å². The van der Waals surface area contributed by atoms with Gasteiger partial charge < -0.3 is 40.1 Å². The molecule has 10 heteroatoms. The van der Waals surface area contributed by atoms with Crippen molar-refractivity contribution in [3.05, 3.63) is 35.6 Å². The number of aliphatic carboxylic acids is 1. The molecule has 1 aromatic rings. The molecule has 0 amide bonds. The van der Waals surface area contributed by atoms with Gasteiger partial charge in [-0.3, -0.25) is 0 Å². The van der Waals surface area contributed by atoms with Crippen LogP contribution in [0.5, 0.6) is 5.75 Å². The summed E-state index contributed by atoms with van der Waals surface area (Å²) in [4.78, 5) is 11.3. The van der Waals surface area contributed by atoms with E-state index in [9.17, 15) is 30.3 Å². The Hall–Kier alpha value is -0.534. The molecule has 0 saturated carbocycles. The van der Waals surface area contributed by atoms with Crippen LogP contribution in [-0.4, -0.2) is 68.8 Å². The Balaban J connectivity index is 0.00000312. The van der Waals surface area contributed by atoms with E-state index in [0.717, 1.165) is 6.08 Å². The van der Waals surface area contributed by atoms with E-state index >= 15 is 0 Å². The van der Waals surface area contributed by atoms with Crippen molar-refractivity contribution in [2.24, 2.45) is 0 Å². The van der Waals surface area contributed by atoms with Gasteiger partial charge in [-0.15, -0.1) is 5.75 Å². The van der Waals surface area contributed by atoms with Gasteiger partial charge in [-0.25, -0.2) is 4.79 Å². The summed E-state index contributed by atoms with van der Waals surface area (Å²) < 4.78 is 10.2. The molecule has 1 aliphatic rings. The fourth-order valence-electron chi connectivity index (χ4n) is 2.15. The normalized spacial score (nSPS) is 29.6. The maximum Gasteiger partial charge on any atom is 1.00 e. The van der Waals surface area contributed by atoms with E-state index in [4.69, 9.17) is 14.6 Å². The van der Waals surface area contributed by atoms with Crippen LogP contribution in [0.1, 0.15) is 5.56 Å². The van der Waals surface area contributed by atoms with Crippen LogP contribution in [0.3, 0.4) is 0 Å². The molecule has 0 bridgehead atoms. The molecule has 9 nitrogen and oxygen atoms in total. The second-order valence-electron chi connectivity index (χ2n) is 5.20. The van der Waals surface area contributed by atoms with E-state index in [0.29, 0.717) is 5.56 Å². The van der Waals surface area contributed by atoms with Crippen molar-refractivity contribution in [2.75, 3.05) is 6.61 Å². The van der Waals surface area contributed by atoms with Crippen LogP contribution in [0.4, 0.5) is 0 Å². The molecule has 2 rings (SSSR count). The van der Waals surface area contributed by atoms with E-state index in [2.05, 4.69) is 0 Å². The SMILES string of the molecule is O=C(O)/C(=C/c1ccc([O-])cc1)O[C@H]1O[C@@H](CO)[C@H](O)[C@@H](O)[C@@H]1O.[K+]. The van der Waals surface area contributed by atoms with Crippen molar-refractivity contribution in [1.82, 2.24) is 0 Å². The van der Waals surface area contributed by atoms with Gasteiger partial charge in [0.15, 0.2) is 0 Å². The molecule has 1 fully saturated rings. The smallest absolute Gasteiger partial charge is 0.872 e. The first-order valence-corrected chi connectivity index (χ1v) is 7.02. The van der Waals surface area contributed by atoms with Crippen molar-refractivity contribution in [3.8, 4) is 5.75 Å². The van der Waals surface area contributed by atoms with Crippen molar-refractivity contribution in [1.29, 1.82) is 0 Å². The Morgan fingerprint density at radius 1 is 1.16 bits per heavy atom. The number of carboxylic acids is 1. The minimum Gasteiger partial charge on any atom is -0.872 e. The van der Waals surface area contributed by atoms with E-state index in [1.54, 1.807) is 0 Å². The molecule has 1 heterocycles. The fourth-order valence-corrected chi connectivity index (χ4v) is 2.15. The number of aliphatic hydroxyl groups is 4. The molecule has 1 saturated heterocycles. The first-order valence-electron chi connectivity index (χ1n) is 7.02. The summed E-state index contributed by atoms with van der Waals surface area (Å²) in [7, 11) is 0. The third-order valence-corrected chi connectivity index (χ3v) is 3.48. The fraction of sp³-hybridized carbons (Fsp3) is 0.400. The van der Waals surface area contributed by atoms with E-state index in [1.165, 1.54) is 24.3 Å². The van der Waals surface area contributed by atoms with Crippen LogP contribution in [0.2, 0.25) is 0 Å². The second kappa shape index (κ2) is 9.97. The Bertz CT molecular complexity index is 602. The van der Waals surface area contributed by atoms with Crippen molar-refractivity contribution in [3.63, 3.8) is 0 Å². The number of benzene rings is 1. The predicted molar refractivity (Wildman–Crippen MR) is 76.4 cm³/mol. The van der Waals surface area contributed by atoms with Crippen LogP contribution < -0.4 is 56.5 Å². The van der Waals surface area contributed by atoms with E-state index < -0.39 is 49.0 Å². The van der Waals surface area contributed by atoms with Gasteiger partial charge >= 0.3 is 57.4 Å². The van der Waals surface area contributed by atoms with Gasteiger partial charge in [-0.1, -0.05) is 24.3 Å². The van der Waals surface area contributed by atoms with Gasteiger partial charge in [0.2, 0.25) is 12.0 Å². The van der Waals surface area contributed by atoms with E-state index in [-0.39, 0.29) is 57.1 Å². The Morgan fingerprint density at radius 3 is 2.28 bits per heavy atom. The number of ether oxygens (including phenoxy) is 2. The third-order valence-electron chi connectivity index (χ3n) is 3.48. The van der Waals surface area contributed by atoms with Crippen LogP contribution in [0, 0.1) is 0 Å². The molecule has 0 radical (unpaired) electrons. The molecule has 132 valence electrons. The largest absolute Gasteiger partial charge is 1.00 e. The molecule has 5 atom stereocenters. The minimum absolute atomic E-state index is 0. The Labute approximate surface area is 185 Å². The zero-order valence-corrected chi connectivity index (χ0v) is 16.5. The number of carboxylic acid groups (broad SMARTS) is 1. The van der Waals surface area contributed by atoms with Gasteiger partial charge in [-0.2, -0.15) is 0 Å². The first-order chi connectivity index (χ1) is 11.3. The summed E-state index contributed by atoms with van der Waals surface area (Å²) in [6, 6.07) is 5.22. The molecule has 1 aliphatic heterocycles. The zero-order chi connectivity index (χ0) is 17.9. The van der Waals surface area contributed by atoms with Crippen LogP contribution >= 0.6 is 0 Å². The quantitative estimate of drug-likeness (QED) is 0.191. The Kier molecular flexibility index (Phi) is 8.98. The summed E-state index contributed by atoms with van der Waals surface area (Å²) in [6.07, 6.45) is -6.72. The molecular formula is C15H17KO9. The topological polar surface area (TPSA) is 160 Å². The molecule has 0 unspecified atom stereocenters. The van der Waals surface area contributed by atoms with Gasteiger partial charge in [-0.05, 0) is 11.6 Å². The Morgan fingerprint density at radius 2 is 1.76 bits per heavy atom. The van der Waals surface area contributed by atoms with Gasteiger partial charge in [0, 0.05) is 0 Å². The maximum atomic E-state index is 11.3. The van der Waals surface area contributed by atoms with Crippen LogP contribution in [0.15, 0.2) is 30.0 Å². The number of hydrogen-bond donors (Lipinski definition) is 5. The number of carbonyl (C=O) groups is 1. The summed E-state index contributed by atoms with van der Waals surface area (Å²) >= 11 is 0. The van der Waals surface area contributed by atoms with Crippen LogP contribution in [-0.2, 0) is 14.3 Å². The average Bonchev–Trinajstić information content (AvgIpc) is 2.56. The molecule has 0 aromatic heterocycles. The number of hydrogen-bond acceptors (Lipinski definition) is 8. The molecule has 5 N–H and O–H groups in total. The minimum atomic E-state index is -1.73. The molecule has 1 aromatic carbocycles. The van der Waals surface area contributed by atoms with Gasteiger partial charge in [0.05, 0.1) is 6.61 Å². The summed E-state index contributed by atoms with van der Waals surface area (Å²) in [5.41, 5.74) is 0.358. The standard InChI is InChI=1S/C15H18O9.K/c16-6-10-11(18)12(19)13(20)15(24-10)23-9(14(21)22)5-7-1-3-8(17)4-2-7;/h1-5,10-13,15-20H,6H2,(H,21,22);/q;+1/p-1/b9-5-;/t10-,11-,12+,13-,15-;/m0./s1. The van der Waals surface area contributed by atoms with Crippen molar-refractivity contribution in [2.45, 2.75) is 30.7 Å². The first kappa shape index (κ1) is 22.5. The number of aliphatic hydroxyl groups excluding tert-OH is 4. The maximum absolute atomic E-state index is 11.3. The van der Waals surface area contributed by atoms with Crippen molar-refractivity contribution < 1.29 is 96.3 Å². The molecular weight excluding hydrogens is 363 g/mol. The zero-order valence-electron chi connectivity index (χ0n) is 13.3. The summed E-state index contributed by atoms with van der Waals surface area (Å²) in [6.45, 7) is -0.665. The van der Waals surface area contributed by atoms with Crippen LogP contribution in [0.25, 0.3) is 6.08 Å². The van der Waals surface area contributed by atoms with E-state index in [1.807, 2.05) is 0 Å². The predicted octanol–water partition coefficient (Wildman–Crippen LogP) is -4.99. The number of rotatable bonds is 5. The summed E-state index contributed by atoms with van der Waals surface area (Å²) in [5, 5.41) is 58.5. The monoisotopic (exact) mass is 380 g/mol. The summed E-state index contributed by atoms with van der Waals surface area (Å²) in [5.74, 6) is -2.34. The van der Waals surface area contributed by atoms with Crippen molar-refractivity contribution >= 4 is 12.0 Å². The molecule has 0 aliphatic carbocycles. The molecule has 0 spiro atoms. The van der Waals surface area contributed by atoms with Gasteiger partial charge in [0.1, 0.15) is 24.4 Å². The third kappa shape index (κ3) is 5.72. The average molecular weight is 380 g/mol. The second-order valence-corrected chi connectivity index (χ2v) is 5.20.